The SMILES string of the molecule is CC(C)(C)n1c(=O)[nH]c2cc(O)c(O)cc2c1=O.Cn1c(=O)n(C(C)(C)C)c(=O)c2c(Cl)c(O)c(O)cc21. The highest BCUT2D eigenvalue weighted by Crippen LogP contribution is 2.37. The van der Waals surface area contributed by atoms with Gasteiger partial charge in [0.25, 0.3) is 11.1 Å². The molecule has 0 aliphatic rings. The van der Waals surface area contributed by atoms with Gasteiger partial charge in [-0.1, -0.05) is 11.6 Å². The van der Waals surface area contributed by atoms with Crippen LogP contribution < -0.4 is 22.5 Å². The summed E-state index contributed by atoms with van der Waals surface area (Å²) in [5.74, 6) is -1.83. The zero-order valence-electron chi connectivity index (χ0n) is 21.9. The van der Waals surface area contributed by atoms with Crippen molar-refractivity contribution in [3.8, 4) is 23.0 Å². The summed E-state index contributed by atoms with van der Waals surface area (Å²) in [5.41, 5.74) is -3.22. The first-order valence-electron chi connectivity index (χ1n) is 11.4. The number of hydrogen-bond donors (Lipinski definition) is 5. The Morgan fingerprint density at radius 3 is 1.82 bits per heavy atom. The van der Waals surface area contributed by atoms with Crippen molar-refractivity contribution in [1.29, 1.82) is 0 Å². The lowest BCUT2D eigenvalue weighted by Gasteiger charge is -2.23. The van der Waals surface area contributed by atoms with Crippen LogP contribution in [0.25, 0.3) is 21.8 Å². The van der Waals surface area contributed by atoms with Crippen LogP contribution in [0.2, 0.25) is 5.02 Å². The van der Waals surface area contributed by atoms with Crippen LogP contribution in [0, 0.1) is 0 Å². The fraction of sp³-hybridized carbons (Fsp3) is 0.360. The van der Waals surface area contributed by atoms with E-state index in [0.717, 1.165) is 27.3 Å². The number of aromatic hydroxyl groups is 4. The molecule has 0 atom stereocenters. The number of halogens is 1. The molecule has 13 heteroatoms. The maximum absolute atomic E-state index is 12.5. The Hall–Kier alpha value is -4.19. The van der Waals surface area contributed by atoms with Gasteiger partial charge in [-0.15, -0.1) is 0 Å². The Labute approximate surface area is 220 Å². The number of phenolic OH excluding ortho intramolecular Hbond substituents is 4. The molecule has 2 aromatic carbocycles. The first kappa shape index (κ1) is 28.4. The lowest BCUT2D eigenvalue weighted by atomic mass is 10.1. The number of nitrogens with one attached hydrogen (secondary N) is 1. The van der Waals surface area contributed by atoms with Gasteiger partial charge in [0.2, 0.25) is 0 Å². The molecule has 0 amide bonds. The highest BCUT2D eigenvalue weighted by atomic mass is 35.5. The Morgan fingerprint density at radius 1 is 0.763 bits per heavy atom. The second-order valence-corrected chi connectivity index (χ2v) is 11.1. The summed E-state index contributed by atoms with van der Waals surface area (Å²) in [6.45, 7) is 10.3. The summed E-state index contributed by atoms with van der Waals surface area (Å²) in [5, 5.41) is 37.9. The molecule has 0 unspecified atom stereocenters. The maximum atomic E-state index is 12.5. The molecule has 2 aromatic heterocycles. The zero-order chi connectivity index (χ0) is 29.1. The third-order valence-electron chi connectivity index (χ3n) is 5.79. The second-order valence-electron chi connectivity index (χ2n) is 10.7. The van der Waals surface area contributed by atoms with Gasteiger partial charge in [-0.05, 0) is 47.6 Å². The third-order valence-corrected chi connectivity index (χ3v) is 6.16. The van der Waals surface area contributed by atoms with Gasteiger partial charge in [-0.25, -0.2) is 9.59 Å². The highest BCUT2D eigenvalue weighted by Gasteiger charge is 2.25. The molecule has 0 radical (unpaired) electrons. The van der Waals surface area contributed by atoms with Crippen LogP contribution in [0.15, 0.2) is 37.4 Å². The minimum atomic E-state index is -0.739. The number of fused-ring (bicyclic) bond motifs is 2. The first-order chi connectivity index (χ1) is 17.3. The molecule has 0 saturated carbocycles. The van der Waals surface area contributed by atoms with Crippen LogP contribution in [-0.2, 0) is 18.1 Å². The van der Waals surface area contributed by atoms with Crippen molar-refractivity contribution >= 4 is 33.4 Å². The molecule has 0 aliphatic carbocycles. The van der Waals surface area contributed by atoms with Crippen molar-refractivity contribution in [2.45, 2.75) is 52.6 Å². The number of aromatic nitrogens is 4. The Bertz CT molecular complexity index is 1830. The van der Waals surface area contributed by atoms with E-state index in [1.807, 2.05) is 0 Å². The van der Waals surface area contributed by atoms with E-state index >= 15 is 0 Å². The van der Waals surface area contributed by atoms with Gasteiger partial charge in [-0.3, -0.25) is 23.3 Å². The number of nitrogens with zero attached hydrogens (tertiary/aromatic N) is 3. The second kappa shape index (κ2) is 9.28. The molecule has 0 aliphatic heterocycles. The molecule has 38 heavy (non-hydrogen) atoms. The van der Waals surface area contributed by atoms with Crippen molar-refractivity contribution < 1.29 is 20.4 Å². The lowest BCUT2D eigenvalue weighted by Crippen LogP contribution is -2.47. The summed E-state index contributed by atoms with van der Waals surface area (Å²) in [7, 11) is 1.47. The quantitative estimate of drug-likeness (QED) is 0.208. The number of H-pyrrole nitrogens is 1. The van der Waals surface area contributed by atoms with Gasteiger partial charge in [-0.2, -0.15) is 0 Å². The number of aromatic amines is 1. The van der Waals surface area contributed by atoms with Crippen LogP contribution in [0.5, 0.6) is 23.0 Å². The van der Waals surface area contributed by atoms with Crippen molar-refractivity contribution in [3.63, 3.8) is 0 Å². The van der Waals surface area contributed by atoms with Crippen molar-refractivity contribution in [2.75, 3.05) is 0 Å². The number of phenols is 4. The smallest absolute Gasteiger partial charge is 0.331 e. The molecular formula is C25H29ClN4O8. The van der Waals surface area contributed by atoms with Gasteiger partial charge in [0.05, 0.1) is 21.8 Å². The molecule has 0 saturated heterocycles. The van der Waals surface area contributed by atoms with Crippen LogP contribution in [0.3, 0.4) is 0 Å². The van der Waals surface area contributed by atoms with E-state index in [1.54, 1.807) is 41.5 Å². The van der Waals surface area contributed by atoms with Crippen molar-refractivity contribution in [3.05, 3.63) is 64.9 Å². The van der Waals surface area contributed by atoms with Crippen molar-refractivity contribution in [2.24, 2.45) is 7.05 Å². The monoisotopic (exact) mass is 548 g/mol. The van der Waals surface area contributed by atoms with Gasteiger partial charge in [0.1, 0.15) is 5.02 Å². The largest absolute Gasteiger partial charge is 0.504 e. The van der Waals surface area contributed by atoms with E-state index in [0.29, 0.717) is 0 Å². The van der Waals surface area contributed by atoms with Crippen molar-refractivity contribution in [1.82, 2.24) is 18.7 Å². The summed E-state index contributed by atoms with van der Waals surface area (Å²) in [6.07, 6.45) is 0. The first-order valence-corrected chi connectivity index (χ1v) is 11.7. The molecular weight excluding hydrogens is 520 g/mol. The number of benzene rings is 2. The summed E-state index contributed by atoms with van der Waals surface area (Å²) < 4.78 is 3.36. The molecule has 0 bridgehead atoms. The molecule has 4 aromatic rings. The Kier molecular flexibility index (Phi) is 6.93. The van der Waals surface area contributed by atoms with Crippen LogP contribution in [0.1, 0.15) is 41.5 Å². The van der Waals surface area contributed by atoms with Gasteiger partial charge < -0.3 is 25.4 Å². The standard InChI is InChI=1S/C13H15ClN2O4.C12H14N2O4/c1-13(2,3)16-11(19)8-6(15(4)12(16)20)5-7(17)10(18)9(8)14;1-12(2,3)14-10(17)6-4-8(15)9(16)5-7(6)13-11(14)18/h5,17-18H,1-4H3;4-5,15-16H,1-3H3,(H,13,18). The minimum Gasteiger partial charge on any atom is -0.504 e. The van der Waals surface area contributed by atoms with E-state index in [9.17, 15) is 39.6 Å². The normalized spacial score (nSPS) is 12.0. The number of hydrogen-bond acceptors (Lipinski definition) is 8. The topological polar surface area (TPSA) is 180 Å². The van der Waals surface area contributed by atoms with Gasteiger partial charge >= 0.3 is 11.4 Å². The van der Waals surface area contributed by atoms with Gasteiger partial charge in [0, 0.05) is 30.3 Å². The fourth-order valence-corrected chi connectivity index (χ4v) is 4.25. The van der Waals surface area contributed by atoms with E-state index in [-0.39, 0.29) is 32.6 Å². The van der Waals surface area contributed by atoms with Crippen LogP contribution in [0.4, 0.5) is 0 Å². The molecule has 0 spiro atoms. The average molecular weight is 549 g/mol. The van der Waals surface area contributed by atoms with E-state index in [2.05, 4.69) is 4.98 Å². The fourth-order valence-electron chi connectivity index (χ4n) is 3.97. The summed E-state index contributed by atoms with van der Waals surface area (Å²) in [6, 6.07) is 3.44. The Morgan fingerprint density at radius 2 is 1.29 bits per heavy atom. The molecule has 5 N–H and O–H groups in total. The molecule has 0 fully saturated rings. The van der Waals surface area contributed by atoms with Crippen LogP contribution in [-0.4, -0.2) is 39.1 Å². The predicted molar refractivity (Wildman–Crippen MR) is 144 cm³/mol. The van der Waals surface area contributed by atoms with Crippen LogP contribution >= 0.6 is 11.6 Å². The highest BCUT2D eigenvalue weighted by molar-refractivity contribution is 6.37. The molecule has 4 rings (SSSR count). The summed E-state index contributed by atoms with van der Waals surface area (Å²) >= 11 is 5.94. The van der Waals surface area contributed by atoms with E-state index in [1.165, 1.54) is 11.6 Å². The molecule has 2 heterocycles. The molecule has 204 valence electrons. The number of aryl methyl sites for hydroxylation is 1. The zero-order valence-corrected chi connectivity index (χ0v) is 22.6. The minimum absolute atomic E-state index is 0.000934. The number of rotatable bonds is 0. The summed E-state index contributed by atoms with van der Waals surface area (Å²) in [4.78, 5) is 51.4. The van der Waals surface area contributed by atoms with Gasteiger partial charge in [0.15, 0.2) is 23.0 Å². The lowest BCUT2D eigenvalue weighted by molar-refractivity contribution is 0.361. The van der Waals surface area contributed by atoms with E-state index < -0.39 is 50.8 Å². The predicted octanol–water partition coefficient (Wildman–Crippen LogP) is 2.38. The molecule has 12 nitrogen and oxygen atoms in total. The third kappa shape index (κ3) is 4.74. The maximum Gasteiger partial charge on any atom is 0.331 e. The average Bonchev–Trinajstić information content (AvgIpc) is 2.76. The van der Waals surface area contributed by atoms with E-state index in [4.69, 9.17) is 11.6 Å². The Balaban J connectivity index is 0.000000212.